The van der Waals surface area contributed by atoms with Crippen LogP contribution in [0, 0.1) is 0 Å². The summed E-state index contributed by atoms with van der Waals surface area (Å²) in [6.45, 7) is 0.310. The van der Waals surface area contributed by atoms with Crippen molar-refractivity contribution in [1.82, 2.24) is 5.32 Å². The van der Waals surface area contributed by atoms with Crippen molar-refractivity contribution in [1.29, 1.82) is 0 Å². The Kier molecular flexibility index (Phi) is 3.02. The quantitative estimate of drug-likeness (QED) is 0.833. The van der Waals surface area contributed by atoms with E-state index in [9.17, 15) is 4.39 Å². The van der Waals surface area contributed by atoms with Gasteiger partial charge in [-0.05, 0) is 30.8 Å². The number of rotatable bonds is 4. The molecule has 1 heterocycles. The van der Waals surface area contributed by atoms with E-state index in [0.717, 1.165) is 16.5 Å². The maximum absolute atomic E-state index is 12.8. The monoisotopic (exact) mass is 207 g/mol. The summed E-state index contributed by atoms with van der Waals surface area (Å²) in [4.78, 5) is 0. The topological polar surface area (TPSA) is 25.2 Å². The number of halogens is 1. The van der Waals surface area contributed by atoms with E-state index in [1.165, 1.54) is 0 Å². The predicted molar refractivity (Wildman–Crippen MR) is 58.9 cm³/mol. The molecule has 1 aromatic carbocycles. The summed E-state index contributed by atoms with van der Waals surface area (Å²) in [5.41, 5.74) is 1.86. The van der Waals surface area contributed by atoms with Gasteiger partial charge < -0.3 is 9.73 Å². The molecule has 3 heteroatoms. The lowest BCUT2D eigenvalue weighted by atomic mass is 9.99. The Bertz CT molecular complexity index is 438. The Balaban J connectivity index is 2.33. The van der Waals surface area contributed by atoms with E-state index in [1.54, 1.807) is 6.26 Å². The molecule has 0 aliphatic heterocycles. The second-order valence-electron chi connectivity index (χ2n) is 3.63. The van der Waals surface area contributed by atoms with Crippen LogP contribution in [0.5, 0.6) is 0 Å². The fourth-order valence-electron chi connectivity index (χ4n) is 1.75. The van der Waals surface area contributed by atoms with Gasteiger partial charge in [0.05, 0.1) is 12.9 Å². The molecule has 0 aliphatic carbocycles. The zero-order valence-corrected chi connectivity index (χ0v) is 8.66. The molecule has 15 heavy (non-hydrogen) atoms. The van der Waals surface area contributed by atoms with E-state index >= 15 is 0 Å². The van der Waals surface area contributed by atoms with Gasteiger partial charge in [-0.3, -0.25) is 4.39 Å². The van der Waals surface area contributed by atoms with Gasteiger partial charge in [0.1, 0.15) is 5.58 Å². The number of likely N-dealkylation sites (N-methyl/N-ethyl adjacent to an activating group) is 1. The average molecular weight is 207 g/mol. The molecule has 1 atom stereocenters. The van der Waals surface area contributed by atoms with Crippen LogP contribution in [0.4, 0.5) is 4.39 Å². The van der Waals surface area contributed by atoms with Crippen LogP contribution < -0.4 is 5.32 Å². The third kappa shape index (κ3) is 2.02. The van der Waals surface area contributed by atoms with E-state index in [0.29, 0.717) is 6.54 Å². The molecule has 0 aliphatic rings. The highest BCUT2D eigenvalue weighted by Crippen LogP contribution is 2.22. The number of alkyl halides is 1. The maximum atomic E-state index is 12.8. The number of hydrogen-bond donors (Lipinski definition) is 1. The van der Waals surface area contributed by atoms with Gasteiger partial charge in [0.15, 0.2) is 0 Å². The summed E-state index contributed by atoms with van der Waals surface area (Å²) < 4.78 is 18.0. The van der Waals surface area contributed by atoms with Gasteiger partial charge in [0.25, 0.3) is 0 Å². The Morgan fingerprint density at radius 2 is 2.27 bits per heavy atom. The Labute approximate surface area is 88.1 Å². The van der Waals surface area contributed by atoms with Gasteiger partial charge in [-0.25, -0.2) is 0 Å². The molecule has 0 amide bonds. The number of nitrogens with one attached hydrogen (secondary N) is 1. The minimum Gasteiger partial charge on any atom is -0.464 e. The average Bonchev–Trinajstić information content (AvgIpc) is 2.72. The molecule has 0 saturated carbocycles. The molecule has 0 saturated heterocycles. The number of benzene rings is 1. The Morgan fingerprint density at radius 3 is 3.00 bits per heavy atom. The van der Waals surface area contributed by atoms with Crippen molar-refractivity contribution in [3.63, 3.8) is 0 Å². The van der Waals surface area contributed by atoms with Crippen LogP contribution in [-0.4, -0.2) is 20.3 Å². The van der Waals surface area contributed by atoms with Crippen LogP contribution in [0.1, 0.15) is 11.5 Å². The van der Waals surface area contributed by atoms with Crippen LogP contribution >= 0.6 is 0 Å². The number of furan rings is 1. The molecule has 0 radical (unpaired) electrons. The summed E-state index contributed by atoms with van der Waals surface area (Å²) in [6, 6.07) is 7.70. The molecule has 0 fully saturated rings. The zero-order valence-electron chi connectivity index (χ0n) is 8.66. The van der Waals surface area contributed by atoms with E-state index < -0.39 is 0 Å². The third-order valence-corrected chi connectivity index (χ3v) is 2.58. The molecule has 80 valence electrons. The molecular weight excluding hydrogens is 193 g/mol. The lowest BCUT2D eigenvalue weighted by molar-refractivity contribution is 0.422. The van der Waals surface area contributed by atoms with Crippen LogP contribution in [0.2, 0.25) is 0 Å². The first-order valence-corrected chi connectivity index (χ1v) is 5.03. The highest BCUT2D eigenvalue weighted by molar-refractivity contribution is 5.77. The first-order chi connectivity index (χ1) is 7.35. The van der Waals surface area contributed by atoms with Crippen molar-refractivity contribution < 1.29 is 8.81 Å². The van der Waals surface area contributed by atoms with Crippen LogP contribution in [0.3, 0.4) is 0 Å². The zero-order chi connectivity index (χ0) is 10.7. The Hall–Kier alpha value is -1.35. The van der Waals surface area contributed by atoms with E-state index in [4.69, 9.17) is 4.42 Å². The summed E-state index contributed by atoms with van der Waals surface area (Å²) in [5, 5.41) is 4.03. The fraction of sp³-hybridized carbons (Fsp3) is 0.333. The summed E-state index contributed by atoms with van der Waals surface area (Å²) in [6.07, 6.45) is 1.65. The lowest BCUT2D eigenvalue weighted by Crippen LogP contribution is -2.18. The van der Waals surface area contributed by atoms with Gasteiger partial charge in [-0.1, -0.05) is 6.07 Å². The highest BCUT2D eigenvalue weighted by atomic mass is 19.1. The first-order valence-electron chi connectivity index (χ1n) is 5.03. The van der Waals surface area contributed by atoms with Gasteiger partial charge >= 0.3 is 0 Å². The second kappa shape index (κ2) is 4.45. The number of fused-ring (bicyclic) bond motifs is 1. The van der Waals surface area contributed by atoms with Gasteiger partial charge in [-0.2, -0.15) is 0 Å². The summed E-state index contributed by atoms with van der Waals surface area (Å²) in [7, 11) is 1.83. The van der Waals surface area contributed by atoms with Crippen molar-refractivity contribution in [2.45, 2.75) is 5.92 Å². The normalized spacial score (nSPS) is 13.2. The van der Waals surface area contributed by atoms with Crippen molar-refractivity contribution in [2.75, 3.05) is 20.3 Å². The molecule has 2 aromatic rings. The van der Waals surface area contributed by atoms with E-state index in [2.05, 4.69) is 5.32 Å². The second-order valence-corrected chi connectivity index (χ2v) is 3.63. The van der Waals surface area contributed by atoms with Crippen molar-refractivity contribution in [3.05, 3.63) is 36.1 Å². The SMILES string of the molecule is CNCC(CF)c1ccc2occc2c1. The maximum Gasteiger partial charge on any atom is 0.133 e. The number of hydrogen-bond acceptors (Lipinski definition) is 2. The molecule has 1 N–H and O–H groups in total. The molecule has 2 nitrogen and oxygen atoms in total. The molecule has 1 aromatic heterocycles. The smallest absolute Gasteiger partial charge is 0.133 e. The minimum absolute atomic E-state index is 0.0747. The van der Waals surface area contributed by atoms with Gasteiger partial charge in [0, 0.05) is 17.8 Å². The van der Waals surface area contributed by atoms with Crippen LogP contribution in [0.15, 0.2) is 34.9 Å². The highest BCUT2D eigenvalue weighted by Gasteiger charge is 2.11. The molecule has 1 unspecified atom stereocenters. The minimum atomic E-state index is -0.343. The first kappa shape index (κ1) is 10.2. The Morgan fingerprint density at radius 1 is 1.40 bits per heavy atom. The largest absolute Gasteiger partial charge is 0.464 e. The van der Waals surface area contributed by atoms with E-state index in [-0.39, 0.29) is 12.6 Å². The third-order valence-electron chi connectivity index (χ3n) is 2.58. The van der Waals surface area contributed by atoms with Crippen molar-refractivity contribution in [2.24, 2.45) is 0 Å². The molecule has 0 bridgehead atoms. The summed E-state index contributed by atoms with van der Waals surface area (Å²) in [5.74, 6) is -0.0747. The fourth-order valence-corrected chi connectivity index (χ4v) is 1.75. The van der Waals surface area contributed by atoms with Gasteiger partial charge in [-0.15, -0.1) is 0 Å². The molecule has 2 rings (SSSR count). The summed E-state index contributed by atoms with van der Waals surface area (Å²) >= 11 is 0. The van der Waals surface area contributed by atoms with Crippen LogP contribution in [0.25, 0.3) is 11.0 Å². The molecule has 0 spiro atoms. The standard InChI is InChI=1S/C12H14FNO/c1-14-8-11(7-13)9-2-3-12-10(6-9)4-5-15-12/h2-6,11,14H,7-8H2,1H3. The lowest BCUT2D eigenvalue weighted by Gasteiger charge is -2.12. The molecular formula is C12H14FNO. The van der Waals surface area contributed by atoms with Crippen molar-refractivity contribution >= 4 is 11.0 Å². The van der Waals surface area contributed by atoms with Gasteiger partial charge in [0.2, 0.25) is 0 Å². The van der Waals surface area contributed by atoms with Crippen LogP contribution in [-0.2, 0) is 0 Å². The van der Waals surface area contributed by atoms with Crippen molar-refractivity contribution in [3.8, 4) is 0 Å². The van der Waals surface area contributed by atoms with E-state index in [1.807, 2.05) is 31.3 Å². The predicted octanol–water partition coefficient (Wildman–Crippen LogP) is 2.71.